The molecule has 0 bridgehead atoms. The molecule has 2 N–H and O–H groups in total. The summed E-state index contributed by atoms with van der Waals surface area (Å²) in [7, 11) is 0. The number of rotatable bonds is 7. The summed E-state index contributed by atoms with van der Waals surface area (Å²) in [4.78, 5) is 23.2. The third kappa shape index (κ3) is 5.09. The van der Waals surface area contributed by atoms with E-state index in [1.165, 1.54) is 11.3 Å². The van der Waals surface area contributed by atoms with Gasteiger partial charge < -0.3 is 15.5 Å². The minimum absolute atomic E-state index is 0.0354. The monoisotopic (exact) mass is 345 g/mol. The Kier molecular flexibility index (Phi) is 6.28. The van der Waals surface area contributed by atoms with E-state index in [-0.39, 0.29) is 5.91 Å². The van der Waals surface area contributed by atoms with Gasteiger partial charge >= 0.3 is 0 Å². The molecule has 0 radical (unpaired) electrons. The van der Waals surface area contributed by atoms with Gasteiger partial charge in [0.05, 0.1) is 17.8 Å². The molecule has 2 aromatic heterocycles. The number of piperazine rings is 1. The Morgan fingerprint density at radius 3 is 3.00 bits per heavy atom. The van der Waals surface area contributed by atoms with E-state index in [1.807, 2.05) is 23.6 Å². The van der Waals surface area contributed by atoms with E-state index >= 15 is 0 Å². The molecule has 0 aromatic carbocycles. The number of amides is 1. The molecule has 128 valence electrons. The maximum atomic E-state index is 12.0. The second-order valence-electron chi connectivity index (χ2n) is 5.83. The van der Waals surface area contributed by atoms with E-state index in [4.69, 9.17) is 0 Å². The van der Waals surface area contributed by atoms with Crippen molar-refractivity contribution < 1.29 is 4.79 Å². The van der Waals surface area contributed by atoms with Crippen LogP contribution in [0.15, 0.2) is 29.8 Å². The summed E-state index contributed by atoms with van der Waals surface area (Å²) in [5, 5.41) is 9.12. The van der Waals surface area contributed by atoms with Gasteiger partial charge in [0.1, 0.15) is 5.01 Å². The highest BCUT2D eigenvalue weighted by Gasteiger charge is 2.11. The Morgan fingerprint density at radius 1 is 1.33 bits per heavy atom. The number of nitrogens with one attached hydrogen (secondary N) is 2. The van der Waals surface area contributed by atoms with Gasteiger partial charge in [0, 0.05) is 44.3 Å². The van der Waals surface area contributed by atoms with Crippen LogP contribution in [0.5, 0.6) is 0 Å². The van der Waals surface area contributed by atoms with E-state index in [9.17, 15) is 4.79 Å². The second kappa shape index (κ2) is 8.86. The Bertz CT molecular complexity index is 639. The van der Waals surface area contributed by atoms with Crippen molar-refractivity contribution in [2.75, 3.05) is 39.3 Å². The van der Waals surface area contributed by atoms with Gasteiger partial charge in [-0.05, 0) is 25.1 Å². The minimum Gasteiger partial charge on any atom is -0.356 e. The van der Waals surface area contributed by atoms with Crippen LogP contribution < -0.4 is 10.6 Å². The topological polar surface area (TPSA) is 70.2 Å². The molecule has 1 saturated heterocycles. The largest absolute Gasteiger partial charge is 0.356 e. The first-order valence-corrected chi connectivity index (χ1v) is 9.25. The molecule has 1 aliphatic rings. The number of hydrogen-bond acceptors (Lipinski definition) is 6. The van der Waals surface area contributed by atoms with Crippen molar-refractivity contribution in [2.24, 2.45) is 0 Å². The number of thiazole rings is 1. The Labute approximate surface area is 146 Å². The normalized spacial score (nSPS) is 15.3. The molecule has 1 aliphatic heterocycles. The summed E-state index contributed by atoms with van der Waals surface area (Å²) in [6.45, 7) is 6.10. The van der Waals surface area contributed by atoms with E-state index in [0.717, 1.165) is 62.1 Å². The van der Waals surface area contributed by atoms with E-state index in [1.54, 1.807) is 6.20 Å². The van der Waals surface area contributed by atoms with Crippen molar-refractivity contribution in [2.45, 2.75) is 12.8 Å². The third-order valence-electron chi connectivity index (χ3n) is 3.96. The number of nitrogens with zero attached hydrogens (tertiary/aromatic N) is 3. The molecule has 3 rings (SSSR count). The summed E-state index contributed by atoms with van der Waals surface area (Å²) in [5.41, 5.74) is 1.66. The summed E-state index contributed by atoms with van der Waals surface area (Å²) in [6.07, 6.45) is 3.07. The summed E-state index contributed by atoms with van der Waals surface area (Å²) >= 11 is 1.53. The summed E-state index contributed by atoms with van der Waals surface area (Å²) in [6, 6.07) is 5.75. The minimum atomic E-state index is 0.0354. The van der Waals surface area contributed by atoms with Crippen molar-refractivity contribution >= 4 is 17.2 Å². The van der Waals surface area contributed by atoms with Crippen LogP contribution in [0.4, 0.5) is 0 Å². The maximum absolute atomic E-state index is 12.0. The molecule has 1 amide bonds. The van der Waals surface area contributed by atoms with Gasteiger partial charge in [-0.2, -0.15) is 0 Å². The lowest BCUT2D eigenvalue weighted by atomic mass is 10.3. The first kappa shape index (κ1) is 17.0. The lowest BCUT2D eigenvalue weighted by Crippen LogP contribution is -2.44. The molecule has 7 heteroatoms. The predicted octanol–water partition coefficient (Wildman–Crippen LogP) is 1.16. The molecule has 0 unspecified atom stereocenters. The maximum Gasteiger partial charge on any atom is 0.226 e. The fourth-order valence-electron chi connectivity index (χ4n) is 2.69. The van der Waals surface area contributed by atoms with E-state index < -0.39 is 0 Å². The first-order valence-electron chi connectivity index (χ1n) is 8.37. The number of aromatic nitrogens is 2. The van der Waals surface area contributed by atoms with Crippen LogP contribution in [-0.2, 0) is 11.2 Å². The number of carbonyl (C=O) groups excluding carboxylic acids is 1. The summed E-state index contributed by atoms with van der Waals surface area (Å²) in [5.74, 6) is 0.0354. The standard InChI is InChI=1S/C17H23N5OS/c23-16(20-6-3-9-22-10-7-18-8-11-22)12-14-13-24-17(21-14)15-4-1-2-5-19-15/h1-2,4-5,13,18H,3,6-12H2,(H,20,23). The molecule has 24 heavy (non-hydrogen) atoms. The van der Waals surface area contributed by atoms with Crippen LogP contribution >= 0.6 is 11.3 Å². The van der Waals surface area contributed by atoms with Gasteiger partial charge in [-0.1, -0.05) is 6.07 Å². The Morgan fingerprint density at radius 2 is 2.21 bits per heavy atom. The number of pyridine rings is 1. The Balaban J connectivity index is 1.38. The zero-order valence-electron chi connectivity index (χ0n) is 13.7. The fraction of sp³-hybridized carbons (Fsp3) is 0.471. The molecular formula is C17H23N5OS. The van der Waals surface area contributed by atoms with Crippen LogP contribution in [0.1, 0.15) is 12.1 Å². The lowest BCUT2D eigenvalue weighted by molar-refractivity contribution is -0.120. The average molecular weight is 345 g/mol. The van der Waals surface area contributed by atoms with E-state index in [0.29, 0.717) is 6.42 Å². The van der Waals surface area contributed by atoms with Crippen molar-refractivity contribution in [3.8, 4) is 10.7 Å². The number of carbonyl (C=O) groups is 1. The fourth-order valence-corrected chi connectivity index (χ4v) is 3.48. The second-order valence-corrected chi connectivity index (χ2v) is 6.69. The molecule has 0 spiro atoms. The molecule has 2 aromatic rings. The van der Waals surface area contributed by atoms with Crippen LogP contribution in [0, 0.1) is 0 Å². The van der Waals surface area contributed by atoms with E-state index in [2.05, 4.69) is 25.5 Å². The SMILES string of the molecule is O=C(Cc1csc(-c2ccccn2)n1)NCCCN1CCNCC1. The van der Waals surface area contributed by atoms with Crippen molar-refractivity contribution in [1.82, 2.24) is 25.5 Å². The van der Waals surface area contributed by atoms with Crippen LogP contribution in [0.2, 0.25) is 0 Å². The zero-order valence-corrected chi connectivity index (χ0v) is 14.5. The molecule has 0 aliphatic carbocycles. The van der Waals surface area contributed by atoms with Gasteiger partial charge in [0.15, 0.2) is 0 Å². The quantitative estimate of drug-likeness (QED) is 0.737. The smallest absolute Gasteiger partial charge is 0.226 e. The Hall–Kier alpha value is -1.83. The third-order valence-corrected chi connectivity index (χ3v) is 4.87. The van der Waals surface area contributed by atoms with Gasteiger partial charge in [-0.15, -0.1) is 11.3 Å². The van der Waals surface area contributed by atoms with Crippen molar-refractivity contribution in [1.29, 1.82) is 0 Å². The molecule has 0 saturated carbocycles. The van der Waals surface area contributed by atoms with Gasteiger partial charge in [0.2, 0.25) is 5.91 Å². The van der Waals surface area contributed by atoms with Crippen LogP contribution in [0.25, 0.3) is 10.7 Å². The molecular weight excluding hydrogens is 322 g/mol. The van der Waals surface area contributed by atoms with Crippen LogP contribution in [-0.4, -0.2) is 60.0 Å². The highest BCUT2D eigenvalue weighted by atomic mass is 32.1. The van der Waals surface area contributed by atoms with Crippen LogP contribution in [0.3, 0.4) is 0 Å². The first-order chi connectivity index (χ1) is 11.8. The molecule has 6 nitrogen and oxygen atoms in total. The van der Waals surface area contributed by atoms with Crippen molar-refractivity contribution in [3.05, 3.63) is 35.5 Å². The zero-order chi connectivity index (χ0) is 16.6. The van der Waals surface area contributed by atoms with Crippen molar-refractivity contribution in [3.63, 3.8) is 0 Å². The highest BCUT2D eigenvalue weighted by Crippen LogP contribution is 2.21. The lowest BCUT2D eigenvalue weighted by Gasteiger charge is -2.27. The average Bonchev–Trinajstić information content (AvgIpc) is 3.09. The molecule has 0 atom stereocenters. The molecule has 1 fully saturated rings. The van der Waals surface area contributed by atoms with Gasteiger partial charge in [-0.3, -0.25) is 9.78 Å². The summed E-state index contributed by atoms with van der Waals surface area (Å²) < 4.78 is 0. The predicted molar refractivity (Wildman–Crippen MR) is 96.0 cm³/mol. The molecule has 3 heterocycles. The van der Waals surface area contributed by atoms with Gasteiger partial charge in [-0.25, -0.2) is 4.98 Å². The highest BCUT2D eigenvalue weighted by molar-refractivity contribution is 7.13. The number of hydrogen-bond donors (Lipinski definition) is 2. The van der Waals surface area contributed by atoms with Gasteiger partial charge in [0.25, 0.3) is 0 Å².